The summed E-state index contributed by atoms with van der Waals surface area (Å²) in [6.07, 6.45) is 12.6. The molecule has 3 rings (SSSR count). The maximum Gasteiger partial charge on any atom is 0.113 e. The van der Waals surface area contributed by atoms with E-state index < -0.39 is 0 Å². The minimum absolute atomic E-state index is 0.0967. The lowest BCUT2D eigenvalue weighted by molar-refractivity contribution is 0.301. The predicted octanol–water partition coefficient (Wildman–Crippen LogP) is 4.17. The third kappa shape index (κ3) is 2.73. The molecule has 0 radical (unpaired) electrons. The zero-order valence-electron chi connectivity index (χ0n) is 12.1. The number of aromatic nitrogens is 1. The topological polar surface area (TPSA) is 38.9 Å². The summed E-state index contributed by atoms with van der Waals surface area (Å²) < 4.78 is 0. The van der Waals surface area contributed by atoms with Gasteiger partial charge in [-0.25, -0.2) is 4.98 Å². The van der Waals surface area contributed by atoms with Gasteiger partial charge in [0, 0.05) is 4.88 Å². The molecule has 0 spiro atoms. The number of nitrogens with zero attached hydrogens (tertiary/aromatic N) is 1. The minimum atomic E-state index is -0.0967. The average molecular weight is 278 g/mol. The zero-order chi connectivity index (χ0) is 13.3. The summed E-state index contributed by atoms with van der Waals surface area (Å²) in [6, 6.07) is 0. The Balaban J connectivity index is 1.79. The second kappa shape index (κ2) is 5.53. The Morgan fingerprint density at radius 3 is 2.84 bits per heavy atom. The maximum absolute atomic E-state index is 6.63. The van der Waals surface area contributed by atoms with Crippen molar-refractivity contribution in [2.45, 2.75) is 76.7 Å². The third-order valence-electron chi connectivity index (χ3n) is 4.91. The monoisotopic (exact) mass is 278 g/mol. The van der Waals surface area contributed by atoms with Gasteiger partial charge in [0.1, 0.15) is 5.01 Å². The van der Waals surface area contributed by atoms with Crippen LogP contribution in [0, 0.1) is 5.92 Å². The van der Waals surface area contributed by atoms with Crippen LogP contribution in [0.25, 0.3) is 0 Å². The van der Waals surface area contributed by atoms with Crippen molar-refractivity contribution in [1.29, 1.82) is 0 Å². The van der Waals surface area contributed by atoms with Gasteiger partial charge in [-0.05, 0) is 38.0 Å². The molecule has 1 atom stereocenters. The van der Waals surface area contributed by atoms with E-state index in [9.17, 15) is 0 Å². The molecular formula is C16H26N2S. The highest BCUT2D eigenvalue weighted by atomic mass is 32.1. The second-order valence-electron chi connectivity index (χ2n) is 6.50. The van der Waals surface area contributed by atoms with E-state index in [1.165, 1.54) is 62.1 Å². The van der Waals surface area contributed by atoms with Crippen LogP contribution in [0.3, 0.4) is 0 Å². The summed E-state index contributed by atoms with van der Waals surface area (Å²) >= 11 is 1.93. The number of fused-ring (bicyclic) bond motifs is 1. The van der Waals surface area contributed by atoms with Crippen molar-refractivity contribution in [1.82, 2.24) is 4.98 Å². The number of hydrogen-bond acceptors (Lipinski definition) is 3. The van der Waals surface area contributed by atoms with Crippen LogP contribution >= 0.6 is 11.3 Å². The highest BCUT2D eigenvalue weighted by Crippen LogP contribution is 2.40. The van der Waals surface area contributed by atoms with Crippen LogP contribution in [0.5, 0.6) is 0 Å². The van der Waals surface area contributed by atoms with Crippen molar-refractivity contribution < 1.29 is 0 Å². The molecule has 0 bridgehead atoms. The Hall–Kier alpha value is -0.410. The number of hydrogen-bond donors (Lipinski definition) is 1. The fourth-order valence-electron chi connectivity index (χ4n) is 3.71. The first-order chi connectivity index (χ1) is 9.21. The maximum atomic E-state index is 6.63. The summed E-state index contributed by atoms with van der Waals surface area (Å²) in [6.45, 7) is 2.30. The van der Waals surface area contributed by atoms with Crippen LogP contribution in [-0.4, -0.2) is 4.98 Å². The molecule has 0 amide bonds. The molecule has 1 unspecified atom stereocenters. The van der Waals surface area contributed by atoms with Gasteiger partial charge in [-0.2, -0.15) is 0 Å². The molecule has 2 aliphatic carbocycles. The van der Waals surface area contributed by atoms with E-state index in [0.717, 1.165) is 18.8 Å². The van der Waals surface area contributed by atoms with Crippen LogP contribution in [0.4, 0.5) is 0 Å². The van der Waals surface area contributed by atoms with Gasteiger partial charge in [0.25, 0.3) is 0 Å². The zero-order valence-corrected chi connectivity index (χ0v) is 12.9. The molecule has 0 aromatic carbocycles. The molecule has 19 heavy (non-hydrogen) atoms. The fraction of sp³-hybridized carbons (Fsp3) is 0.812. The van der Waals surface area contributed by atoms with E-state index in [1.54, 1.807) is 4.88 Å². The third-order valence-corrected chi connectivity index (χ3v) is 6.25. The lowest BCUT2D eigenvalue weighted by Crippen LogP contribution is -2.38. The van der Waals surface area contributed by atoms with Crippen molar-refractivity contribution in [2.24, 2.45) is 11.7 Å². The Labute approximate surface area is 120 Å². The summed E-state index contributed by atoms with van der Waals surface area (Å²) in [5.41, 5.74) is 7.91. The molecular weight excluding hydrogens is 252 g/mol. The van der Waals surface area contributed by atoms with Gasteiger partial charge in [-0.15, -0.1) is 11.3 Å². The normalized spacial score (nSPS) is 26.1. The van der Waals surface area contributed by atoms with E-state index >= 15 is 0 Å². The lowest BCUT2D eigenvalue weighted by Gasteiger charge is -2.31. The smallest absolute Gasteiger partial charge is 0.113 e. The molecule has 2 N–H and O–H groups in total. The van der Waals surface area contributed by atoms with Crippen molar-refractivity contribution in [2.75, 3.05) is 0 Å². The highest BCUT2D eigenvalue weighted by Gasteiger charge is 2.34. The first kappa shape index (κ1) is 13.6. The van der Waals surface area contributed by atoms with E-state index in [1.807, 2.05) is 11.3 Å². The van der Waals surface area contributed by atoms with Crippen LogP contribution in [0.2, 0.25) is 0 Å². The van der Waals surface area contributed by atoms with E-state index in [-0.39, 0.29) is 5.54 Å². The van der Waals surface area contributed by atoms with Gasteiger partial charge in [0.05, 0.1) is 11.2 Å². The van der Waals surface area contributed by atoms with Gasteiger partial charge < -0.3 is 5.73 Å². The number of nitrogens with two attached hydrogens (primary N) is 1. The molecule has 1 heterocycles. The Morgan fingerprint density at radius 2 is 2.11 bits per heavy atom. The Kier molecular flexibility index (Phi) is 3.95. The molecule has 1 aromatic heterocycles. The van der Waals surface area contributed by atoms with Gasteiger partial charge in [-0.1, -0.05) is 39.0 Å². The first-order valence-electron chi connectivity index (χ1n) is 7.99. The van der Waals surface area contributed by atoms with Crippen molar-refractivity contribution >= 4 is 11.3 Å². The van der Waals surface area contributed by atoms with Crippen LogP contribution in [-0.2, 0) is 18.4 Å². The van der Waals surface area contributed by atoms with Crippen molar-refractivity contribution in [3.05, 3.63) is 15.6 Å². The first-order valence-corrected chi connectivity index (χ1v) is 8.81. The van der Waals surface area contributed by atoms with Crippen LogP contribution in [0.15, 0.2) is 0 Å². The fourth-order valence-corrected chi connectivity index (χ4v) is 5.09. The lowest BCUT2D eigenvalue weighted by atomic mass is 9.83. The summed E-state index contributed by atoms with van der Waals surface area (Å²) in [5.74, 6) is 0.894. The van der Waals surface area contributed by atoms with Gasteiger partial charge in [0.2, 0.25) is 0 Å². The van der Waals surface area contributed by atoms with Gasteiger partial charge >= 0.3 is 0 Å². The summed E-state index contributed by atoms with van der Waals surface area (Å²) in [7, 11) is 0. The summed E-state index contributed by atoms with van der Waals surface area (Å²) in [4.78, 5) is 6.49. The molecule has 1 fully saturated rings. The molecule has 1 aromatic rings. The molecule has 0 aliphatic heterocycles. The molecule has 106 valence electrons. The van der Waals surface area contributed by atoms with Gasteiger partial charge in [0.15, 0.2) is 0 Å². The quantitative estimate of drug-likeness (QED) is 0.901. The van der Waals surface area contributed by atoms with Crippen LogP contribution in [0.1, 0.15) is 73.9 Å². The number of aryl methyl sites for hydroxylation is 1. The Bertz CT molecular complexity index is 432. The van der Waals surface area contributed by atoms with E-state index in [0.29, 0.717) is 0 Å². The number of thiazole rings is 1. The average Bonchev–Trinajstić information content (AvgIpc) is 2.84. The standard InChI is InChI=1S/C16H26N2S/c1-2-6-12-7-8-13-14(11-12)19-15(18-13)16(17)9-4-3-5-10-16/h12H,2-11,17H2,1H3. The van der Waals surface area contributed by atoms with E-state index in [4.69, 9.17) is 10.7 Å². The highest BCUT2D eigenvalue weighted by molar-refractivity contribution is 7.11. The van der Waals surface area contributed by atoms with Gasteiger partial charge in [-0.3, -0.25) is 0 Å². The SMILES string of the molecule is CCCC1CCc2nc(C3(N)CCCCC3)sc2C1. The Morgan fingerprint density at radius 1 is 1.32 bits per heavy atom. The molecule has 3 heteroatoms. The molecule has 1 saturated carbocycles. The minimum Gasteiger partial charge on any atom is -0.319 e. The second-order valence-corrected chi connectivity index (χ2v) is 7.59. The molecule has 2 aliphatic rings. The molecule has 0 saturated heterocycles. The predicted molar refractivity (Wildman–Crippen MR) is 81.5 cm³/mol. The van der Waals surface area contributed by atoms with Crippen molar-refractivity contribution in [3.8, 4) is 0 Å². The largest absolute Gasteiger partial charge is 0.319 e. The number of rotatable bonds is 3. The van der Waals surface area contributed by atoms with Crippen LogP contribution < -0.4 is 5.73 Å². The van der Waals surface area contributed by atoms with Crippen molar-refractivity contribution in [3.63, 3.8) is 0 Å². The summed E-state index contributed by atoms with van der Waals surface area (Å²) in [5, 5.41) is 1.24. The van der Waals surface area contributed by atoms with E-state index in [2.05, 4.69) is 6.92 Å². The molecule has 2 nitrogen and oxygen atoms in total.